The summed E-state index contributed by atoms with van der Waals surface area (Å²) in [6.07, 6.45) is 5.37. The van der Waals surface area contributed by atoms with Gasteiger partial charge in [-0.2, -0.15) is 0 Å². The molecule has 4 nitrogen and oxygen atoms in total. The zero-order valence-corrected chi connectivity index (χ0v) is 7.53. The van der Waals surface area contributed by atoms with Crippen LogP contribution in [-0.2, 0) is 6.54 Å². The number of aliphatic hydroxyl groups is 1. The molecule has 1 fully saturated rings. The minimum atomic E-state index is -0.0426. The Balaban J connectivity index is 1.59. The van der Waals surface area contributed by atoms with Crippen LogP contribution in [0.25, 0.3) is 0 Å². The quantitative estimate of drug-likeness (QED) is 0.625. The molecular weight excluding hydrogens is 166 g/mol. The zero-order chi connectivity index (χ0) is 9.10. The van der Waals surface area contributed by atoms with E-state index in [-0.39, 0.29) is 6.10 Å². The van der Waals surface area contributed by atoms with E-state index in [1.54, 1.807) is 6.33 Å². The van der Waals surface area contributed by atoms with Crippen LogP contribution in [0.1, 0.15) is 18.5 Å². The first-order valence-corrected chi connectivity index (χ1v) is 4.70. The van der Waals surface area contributed by atoms with Gasteiger partial charge >= 0.3 is 0 Å². The van der Waals surface area contributed by atoms with Crippen molar-refractivity contribution >= 4 is 0 Å². The SMILES string of the molecule is OC1CC(CNCc2cnc[nH]2)C1. The molecule has 1 aromatic heterocycles. The van der Waals surface area contributed by atoms with Gasteiger partial charge in [0.15, 0.2) is 0 Å². The van der Waals surface area contributed by atoms with Crippen LogP contribution in [0.15, 0.2) is 12.5 Å². The van der Waals surface area contributed by atoms with Crippen LogP contribution < -0.4 is 5.32 Å². The highest BCUT2D eigenvalue weighted by Gasteiger charge is 2.26. The molecule has 1 aliphatic rings. The maximum Gasteiger partial charge on any atom is 0.0922 e. The van der Waals surface area contributed by atoms with E-state index in [9.17, 15) is 0 Å². The van der Waals surface area contributed by atoms with Gasteiger partial charge in [-0.3, -0.25) is 0 Å². The lowest BCUT2D eigenvalue weighted by Crippen LogP contribution is -2.35. The minimum Gasteiger partial charge on any atom is -0.393 e. The minimum absolute atomic E-state index is 0.0426. The second kappa shape index (κ2) is 3.89. The smallest absolute Gasteiger partial charge is 0.0922 e. The monoisotopic (exact) mass is 181 g/mol. The highest BCUT2D eigenvalue weighted by Crippen LogP contribution is 2.25. The van der Waals surface area contributed by atoms with Gasteiger partial charge in [-0.05, 0) is 25.3 Å². The van der Waals surface area contributed by atoms with Crippen LogP contribution >= 0.6 is 0 Å². The number of hydrogen-bond acceptors (Lipinski definition) is 3. The van der Waals surface area contributed by atoms with E-state index in [1.807, 2.05) is 6.20 Å². The van der Waals surface area contributed by atoms with Crippen LogP contribution in [0.4, 0.5) is 0 Å². The Kier molecular flexibility index (Phi) is 2.61. The number of aliphatic hydroxyl groups excluding tert-OH is 1. The van der Waals surface area contributed by atoms with E-state index in [2.05, 4.69) is 15.3 Å². The maximum absolute atomic E-state index is 9.06. The highest BCUT2D eigenvalue weighted by atomic mass is 16.3. The molecule has 0 aliphatic heterocycles. The van der Waals surface area contributed by atoms with Crippen LogP contribution in [0.5, 0.6) is 0 Å². The molecule has 0 unspecified atom stereocenters. The lowest BCUT2D eigenvalue weighted by molar-refractivity contribution is 0.0429. The summed E-state index contributed by atoms with van der Waals surface area (Å²) in [5.74, 6) is 0.665. The van der Waals surface area contributed by atoms with Crippen molar-refractivity contribution in [2.75, 3.05) is 6.54 Å². The Labute approximate surface area is 77.4 Å². The number of rotatable bonds is 4. The Morgan fingerprint density at radius 3 is 3.08 bits per heavy atom. The predicted molar refractivity (Wildman–Crippen MR) is 49.0 cm³/mol. The highest BCUT2D eigenvalue weighted by molar-refractivity contribution is 4.93. The van der Waals surface area contributed by atoms with E-state index in [4.69, 9.17) is 5.11 Å². The summed E-state index contributed by atoms with van der Waals surface area (Å²) in [4.78, 5) is 6.96. The van der Waals surface area contributed by atoms with Crippen molar-refractivity contribution in [2.45, 2.75) is 25.5 Å². The number of imidazole rings is 1. The molecule has 4 heteroatoms. The molecule has 0 amide bonds. The molecule has 1 saturated carbocycles. The van der Waals surface area contributed by atoms with E-state index >= 15 is 0 Å². The third-order valence-corrected chi connectivity index (χ3v) is 2.51. The van der Waals surface area contributed by atoms with Gasteiger partial charge in [0.1, 0.15) is 0 Å². The molecule has 3 N–H and O–H groups in total. The number of hydrogen-bond donors (Lipinski definition) is 3. The van der Waals surface area contributed by atoms with Crippen molar-refractivity contribution in [3.05, 3.63) is 18.2 Å². The van der Waals surface area contributed by atoms with E-state index in [0.717, 1.165) is 31.6 Å². The van der Waals surface area contributed by atoms with Gasteiger partial charge in [-0.25, -0.2) is 4.98 Å². The second-order valence-electron chi connectivity index (χ2n) is 3.70. The van der Waals surface area contributed by atoms with Crippen molar-refractivity contribution in [3.8, 4) is 0 Å². The van der Waals surface area contributed by atoms with Gasteiger partial charge in [-0.15, -0.1) is 0 Å². The lowest BCUT2D eigenvalue weighted by atomic mass is 9.82. The largest absolute Gasteiger partial charge is 0.393 e. The molecule has 0 atom stereocenters. The fourth-order valence-corrected chi connectivity index (χ4v) is 1.66. The fourth-order valence-electron chi connectivity index (χ4n) is 1.66. The van der Waals surface area contributed by atoms with Crippen molar-refractivity contribution in [1.29, 1.82) is 0 Å². The third-order valence-electron chi connectivity index (χ3n) is 2.51. The normalized spacial score (nSPS) is 27.2. The lowest BCUT2D eigenvalue weighted by Gasteiger charge is -2.31. The molecule has 13 heavy (non-hydrogen) atoms. The van der Waals surface area contributed by atoms with Gasteiger partial charge in [-0.1, -0.05) is 0 Å². The maximum atomic E-state index is 9.06. The van der Waals surface area contributed by atoms with Gasteiger partial charge in [0, 0.05) is 18.4 Å². The van der Waals surface area contributed by atoms with Crippen molar-refractivity contribution in [3.63, 3.8) is 0 Å². The first-order chi connectivity index (χ1) is 6.34. The molecule has 1 aliphatic carbocycles. The molecular formula is C9H15N3O. The molecule has 0 radical (unpaired) electrons. The molecule has 72 valence electrons. The van der Waals surface area contributed by atoms with Gasteiger partial charge in [0.05, 0.1) is 12.4 Å². The molecule has 0 bridgehead atoms. The second-order valence-corrected chi connectivity index (χ2v) is 3.70. The Bertz CT molecular complexity index is 241. The first-order valence-electron chi connectivity index (χ1n) is 4.70. The van der Waals surface area contributed by atoms with Gasteiger partial charge < -0.3 is 15.4 Å². The number of aromatic amines is 1. The number of nitrogens with one attached hydrogen (secondary N) is 2. The van der Waals surface area contributed by atoms with Crippen molar-refractivity contribution in [2.24, 2.45) is 5.92 Å². The number of aromatic nitrogens is 2. The molecule has 0 spiro atoms. The Morgan fingerprint density at radius 2 is 2.46 bits per heavy atom. The fraction of sp³-hybridized carbons (Fsp3) is 0.667. The summed E-state index contributed by atoms with van der Waals surface area (Å²) in [6, 6.07) is 0. The molecule has 2 rings (SSSR count). The Morgan fingerprint density at radius 1 is 1.62 bits per heavy atom. The summed E-state index contributed by atoms with van der Waals surface area (Å²) in [5.41, 5.74) is 1.11. The predicted octanol–water partition coefficient (Wildman–Crippen LogP) is 0.270. The van der Waals surface area contributed by atoms with Crippen molar-refractivity contribution in [1.82, 2.24) is 15.3 Å². The summed E-state index contributed by atoms with van der Waals surface area (Å²) in [5, 5.41) is 12.4. The summed E-state index contributed by atoms with van der Waals surface area (Å²) in [6.45, 7) is 1.84. The number of nitrogens with zero attached hydrogens (tertiary/aromatic N) is 1. The average Bonchev–Trinajstić information content (AvgIpc) is 2.53. The molecule has 0 aromatic carbocycles. The van der Waals surface area contributed by atoms with E-state index < -0.39 is 0 Å². The van der Waals surface area contributed by atoms with Crippen LogP contribution in [0, 0.1) is 5.92 Å². The standard InChI is InChI=1S/C9H15N3O/c13-9-1-7(2-9)3-10-4-8-5-11-6-12-8/h5-7,9-10,13H,1-4H2,(H,11,12). The van der Waals surface area contributed by atoms with Crippen molar-refractivity contribution < 1.29 is 5.11 Å². The zero-order valence-electron chi connectivity index (χ0n) is 7.53. The van der Waals surface area contributed by atoms with E-state index in [1.165, 1.54) is 0 Å². The van der Waals surface area contributed by atoms with Gasteiger partial charge in [0.2, 0.25) is 0 Å². The third kappa shape index (κ3) is 2.29. The Hall–Kier alpha value is -0.870. The summed E-state index contributed by atoms with van der Waals surface area (Å²) >= 11 is 0. The molecule has 0 saturated heterocycles. The topological polar surface area (TPSA) is 60.9 Å². The van der Waals surface area contributed by atoms with Gasteiger partial charge in [0.25, 0.3) is 0 Å². The summed E-state index contributed by atoms with van der Waals surface area (Å²) in [7, 11) is 0. The van der Waals surface area contributed by atoms with E-state index in [0.29, 0.717) is 5.92 Å². The summed E-state index contributed by atoms with van der Waals surface area (Å²) < 4.78 is 0. The molecule has 1 heterocycles. The van der Waals surface area contributed by atoms with Crippen LogP contribution in [0.2, 0.25) is 0 Å². The van der Waals surface area contributed by atoms with Crippen LogP contribution in [-0.4, -0.2) is 27.7 Å². The van der Waals surface area contributed by atoms with Crippen LogP contribution in [0.3, 0.4) is 0 Å². The molecule has 1 aromatic rings. The number of H-pyrrole nitrogens is 1. The first kappa shape index (κ1) is 8.72. The average molecular weight is 181 g/mol.